The van der Waals surface area contributed by atoms with Gasteiger partial charge in [-0.1, -0.05) is 43.5 Å². The number of hydrogen-bond acceptors (Lipinski definition) is 5. The van der Waals surface area contributed by atoms with Crippen molar-refractivity contribution >= 4 is 11.9 Å². The lowest BCUT2D eigenvalue weighted by atomic mass is 9.81. The monoisotopic (exact) mass is 551 g/mol. The second kappa shape index (κ2) is 13.4. The highest BCUT2D eigenvalue weighted by molar-refractivity contribution is 5.98. The second-order valence-electron chi connectivity index (χ2n) is 10.8. The van der Waals surface area contributed by atoms with Gasteiger partial charge in [0, 0.05) is 18.3 Å². The fourth-order valence-electron chi connectivity index (χ4n) is 4.99. The van der Waals surface area contributed by atoms with Crippen LogP contribution in [0.1, 0.15) is 64.7 Å². The van der Waals surface area contributed by atoms with Gasteiger partial charge in [-0.05, 0) is 109 Å². The Bertz CT molecular complexity index is 1450. The normalized spacial score (nSPS) is 12.9. The van der Waals surface area contributed by atoms with Gasteiger partial charge in [0.2, 0.25) is 0 Å². The maximum atomic E-state index is 12.7. The third-order valence-corrected chi connectivity index (χ3v) is 7.89. The average Bonchev–Trinajstić information content (AvgIpc) is 3.50. The van der Waals surface area contributed by atoms with Crippen LogP contribution >= 0.6 is 0 Å². The first kappa shape index (κ1) is 28.2. The molecule has 0 bridgehead atoms. The number of hydrogen-bond donors (Lipinski definition) is 1. The second-order valence-corrected chi connectivity index (χ2v) is 10.8. The van der Waals surface area contributed by atoms with Gasteiger partial charge < -0.3 is 19.2 Å². The summed E-state index contributed by atoms with van der Waals surface area (Å²) in [6.07, 6.45) is 7.64. The van der Waals surface area contributed by atoms with Crippen LogP contribution in [0.15, 0.2) is 79.0 Å². The highest BCUT2D eigenvalue weighted by Gasteiger charge is 2.19. The molecule has 0 aliphatic heterocycles. The lowest BCUT2D eigenvalue weighted by molar-refractivity contribution is -0.138. The van der Waals surface area contributed by atoms with E-state index in [2.05, 4.69) is 29.2 Å². The van der Waals surface area contributed by atoms with Crippen LogP contribution in [0.5, 0.6) is 11.5 Å². The van der Waals surface area contributed by atoms with Crippen molar-refractivity contribution in [3.8, 4) is 22.8 Å². The third-order valence-electron chi connectivity index (χ3n) is 7.89. The lowest BCUT2D eigenvalue weighted by Crippen LogP contribution is -2.15. The highest BCUT2D eigenvalue weighted by atomic mass is 16.6. The molecular weight excluding hydrogens is 514 g/mol. The molecular formula is C35H37NO5. The van der Waals surface area contributed by atoms with E-state index in [4.69, 9.17) is 14.2 Å². The molecule has 0 atom stereocenters. The molecule has 0 spiro atoms. The smallest absolute Gasteiger partial charge is 0.346 e. The molecule has 1 aromatic heterocycles. The number of aromatic nitrogens is 1. The maximum Gasteiger partial charge on any atom is 0.346 e. The van der Waals surface area contributed by atoms with E-state index in [-0.39, 0.29) is 6.42 Å². The molecule has 1 aliphatic rings. The van der Waals surface area contributed by atoms with E-state index in [1.165, 1.54) is 24.8 Å². The van der Waals surface area contributed by atoms with Crippen molar-refractivity contribution in [1.29, 1.82) is 0 Å². The molecule has 1 N–H and O–H groups in total. The summed E-state index contributed by atoms with van der Waals surface area (Å²) in [6.45, 7) is 4.55. The number of esters is 2. The average molecular weight is 552 g/mol. The van der Waals surface area contributed by atoms with E-state index >= 15 is 0 Å². The number of nitrogens with one attached hydrogen (secondary N) is 1. The summed E-state index contributed by atoms with van der Waals surface area (Å²) in [5.41, 5.74) is 6.54. The van der Waals surface area contributed by atoms with Crippen molar-refractivity contribution in [2.75, 3.05) is 6.61 Å². The van der Waals surface area contributed by atoms with E-state index < -0.39 is 11.9 Å². The number of carbonyl (C=O) groups is 2. The molecule has 3 aromatic carbocycles. The van der Waals surface area contributed by atoms with Crippen molar-refractivity contribution in [3.63, 3.8) is 0 Å². The van der Waals surface area contributed by atoms with Crippen molar-refractivity contribution in [2.45, 2.75) is 59.0 Å². The van der Waals surface area contributed by atoms with Crippen LogP contribution in [0.3, 0.4) is 0 Å². The van der Waals surface area contributed by atoms with Gasteiger partial charge >= 0.3 is 11.9 Å². The van der Waals surface area contributed by atoms with Gasteiger partial charge in [-0.3, -0.25) is 4.79 Å². The minimum atomic E-state index is -0.648. The van der Waals surface area contributed by atoms with Gasteiger partial charge in [-0.25, -0.2) is 4.79 Å². The van der Waals surface area contributed by atoms with Crippen molar-refractivity contribution in [2.24, 2.45) is 5.92 Å². The minimum absolute atomic E-state index is 0.0883. The standard InChI is InChI=1S/C35H37NO5/c1-24-25(2)33(40-23-28-12-10-27(11-13-28)22-26-6-3-7-26)19-18-31(24)35(38)41-34(37)9-5-21-39-30-16-14-29(15-17-30)32-8-4-20-36-32/h4,8,10-20,26,36H,3,5-7,9,21-23H2,1-2H3. The Hall–Kier alpha value is -4.32. The molecule has 0 saturated heterocycles. The summed E-state index contributed by atoms with van der Waals surface area (Å²) >= 11 is 0. The fraction of sp³-hybridized carbons (Fsp3) is 0.314. The van der Waals surface area contributed by atoms with Crippen LogP contribution in [0.4, 0.5) is 0 Å². The van der Waals surface area contributed by atoms with Crippen LogP contribution in [-0.4, -0.2) is 23.5 Å². The number of H-pyrrole nitrogens is 1. The molecule has 1 heterocycles. The molecule has 0 radical (unpaired) electrons. The van der Waals surface area contributed by atoms with Gasteiger partial charge in [0.15, 0.2) is 0 Å². The Labute approximate surface area is 241 Å². The first-order valence-corrected chi connectivity index (χ1v) is 14.4. The molecule has 4 aromatic rings. The molecule has 6 heteroatoms. The van der Waals surface area contributed by atoms with Crippen LogP contribution in [0.2, 0.25) is 0 Å². The summed E-state index contributed by atoms with van der Waals surface area (Å²) in [4.78, 5) is 28.2. The molecule has 1 aliphatic carbocycles. The summed E-state index contributed by atoms with van der Waals surface area (Å²) < 4.78 is 16.9. The predicted octanol–water partition coefficient (Wildman–Crippen LogP) is 7.76. The van der Waals surface area contributed by atoms with Crippen LogP contribution in [0, 0.1) is 19.8 Å². The SMILES string of the molecule is Cc1c(OCc2ccc(CC3CCC3)cc2)ccc(C(=O)OC(=O)CCCOc2ccc(-c3ccc[nH]3)cc2)c1C. The third kappa shape index (κ3) is 7.46. The molecule has 212 valence electrons. The number of carbonyl (C=O) groups excluding carboxylic acids is 2. The summed E-state index contributed by atoms with van der Waals surface area (Å²) in [5, 5.41) is 0. The maximum absolute atomic E-state index is 12.7. The number of aromatic amines is 1. The Balaban J connectivity index is 1.05. The van der Waals surface area contributed by atoms with Gasteiger partial charge in [-0.2, -0.15) is 0 Å². The number of benzene rings is 3. The molecule has 6 nitrogen and oxygen atoms in total. The Morgan fingerprint density at radius 3 is 2.29 bits per heavy atom. The van der Waals surface area contributed by atoms with E-state index in [0.29, 0.717) is 30.9 Å². The lowest BCUT2D eigenvalue weighted by Gasteiger charge is -2.25. The predicted molar refractivity (Wildman–Crippen MR) is 159 cm³/mol. The van der Waals surface area contributed by atoms with Gasteiger partial charge in [-0.15, -0.1) is 0 Å². The van der Waals surface area contributed by atoms with E-state index in [0.717, 1.165) is 46.0 Å². The van der Waals surface area contributed by atoms with Crippen molar-refractivity contribution in [3.05, 3.63) is 107 Å². The Kier molecular flexibility index (Phi) is 9.19. The molecule has 5 rings (SSSR count). The molecule has 0 amide bonds. The zero-order chi connectivity index (χ0) is 28.6. The van der Waals surface area contributed by atoms with Crippen LogP contribution < -0.4 is 9.47 Å². The van der Waals surface area contributed by atoms with Crippen molar-refractivity contribution in [1.82, 2.24) is 4.98 Å². The summed E-state index contributed by atoms with van der Waals surface area (Å²) in [6, 6.07) is 23.8. The van der Waals surface area contributed by atoms with E-state index in [1.807, 2.05) is 56.4 Å². The topological polar surface area (TPSA) is 77.6 Å². The van der Waals surface area contributed by atoms with Gasteiger partial charge in [0.1, 0.15) is 18.1 Å². The highest BCUT2D eigenvalue weighted by Crippen LogP contribution is 2.30. The first-order valence-electron chi connectivity index (χ1n) is 14.4. The number of ether oxygens (including phenoxy) is 3. The number of rotatable bonds is 12. The molecule has 1 saturated carbocycles. The minimum Gasteiger partial charge on any atom is -0.494 e. The van der Waals surface area contributed by atoms with Crippen molar-refractivity contribution < 1.29 is 23.8 Å². The van der Waals surface area contributed by atoms with Crippen LogP contribution in [0.25, 0.3) is 11.3 Å². The zero-order valence-electron chi connectivity index (χ0n) is 23.8. The molecule has 41 heavy (non-hydrogen) atoms. The largest absolute Gasteiger partial charge is 0.494 e. The molecule has 1 fully saturated rings. The zero-order valence-corrected chi connectivity index (χ0v) is 23.8. The van der Waals surface area contributed by atoms with E-state index in [1.54, 1.807) is 12.1 Å². The molecule has 0 unspecified atom stereocenters. The van der Waals surface area contributed by atoms with E-state index in [9.17, 15) is 9.59 Å². The first-order chi connectivity index (χ1) is 20.0. The summed E-state index contributed by atoms with van der Waals surface area (Å²) in [7, 11) is 0. The van der Waals surface area contributed by atoms with Crippen LogP contribution in [-0.2, 0) is 22.6 Å². The Morgan fingerprint density at radius 2 is 1.61 bits per heavy atom. The Morgan fingerprint density at radius 1 is 0.854 bits per heavy atom. The fourth-order valence-corrected chi connectivity index (χ4v) is 4.99. The summed E-state index contributed by atoms with van der Waals surface area (Å²) in [5.74, 6) is 1.06. The van der Waals surface area contributed by atoms with Gasteiger partial charge in [0.05, 0.1) is 12.2 Å². The van der Waals surface area contributed by atoms with Gasteiger partial charge in [0.25, 0.3) is 0 Å². The quantitative estimate of drug-likeness (QED) is 0.111.